The molecule has 0 fully saturated rings. The lowest BCUT2D eigenvalue weighted by molar-refractivity contribution is -0.108. The van der Waals surface area contributed by atoms with Gasteiger partial charge in [0.15, 0.2) is 0 Å². The van der Waals surface area contributed by atoms with Crippen molar-refractivity contribution in [3.05, 3.63) is 71.7 Å². The van der Waals surface area contributed by atoms with E-state index in [1.54, 1.807) is 6.20 Å². The van der Waals surface area contributed by atoms with E-state index in [0.717, 1.165) is 34.1 Å². The molecule has 20 heavy (non-hydrogen) atoms. The molecule has 0 amide bonds. The van der Waals surface area contributed by atoms with Crippen molar-refractivity contribution < 1.29 is 4.79 Å². The van der Waals surface area contributed by atoms with Crippen molar-refractivity contribution in [2.45, 2.75) is 12.8 Å². The van der Waals surface area contributed by atoms with E-state index in [4.69, 9.17) is 0 Å². The zero-order valence-electron chi connectivity index (χ0n) is 11.2. The number of nitrogens with zero attached hydrogens (tertiary/aromatic N) is 2. The molecule has 0 spiro atoms. The SMILES string of the molecule is Cc1cccc(C(C=O)c2ccc3ncccc3c2)n1. The molecule has 98 valence electrons. The predicted octanol–water partition coefficient (Wildman–Crippen LogP) is 3.27. The van der Waals surface area contributed by atoms with E-state index >= 15 is 0 Å². The average molecular weight is 262 g/mol. The number of aldehydes is 1. The van der Waals surface area contributed by atoms with Crippen LogP contribution in [0.3, 0.4) is 0 Å². The third-order valence-electron chi connectivity index (χ3n) is 3.35. The Bertz CT molecular complexity index is 768. The number of carbonyl (C=O) groups excluding carboxylic acids is 1. The monoisotopic (exact) mass is 262 g/mol. The minimum absolute atomic E-state index is 0.334. The summed E-state index contributed by atoms with van der Waals surface area (Å²) in [5, 5.41) is 1.03. The number of hydrogen-bond acceptors (Lipinski definition) is 3. The Balaban J connectivity index is 2.09. The number of fused-ring (bicyclic) bond motifs is 1. The quantitative estimate of drug-likeness (QED) is 0.680. The summed E-state index contributed by atoms with van der Waals surface area (Å²) >= 11 is 0. The summed E-state index contributed by atoms with van der Waals surface area (Å²) in [6.45, 7) is 1.93. The Hall–Kier alpha value is -2.55. The number of benzene rings is 1. The van der Waals surface area contributed by atoms with Crippen LogP contribution in [0.5, 0.6) is 0 Å². The summed E-state index contributed by atoms with van der Waals surface area (Å²) in [5.74, 6) is -0.334. The Labute approximate surface area is 117 Å². The normalized spacial score (nSPS) is 12.2. The smallest absolute Gasteiger partial charge is 0.133 e. The van der Waals surface area contributed by atoms with Crippen molar-refractivity contribution in [3.8, 4) is 0 Å². The lowest BCUT2D eigenvalue weighted by atomic mass is 9.95. The second kappa shape index (κ2) is 5.21. The second-order valence-electron chi connectivity index (χ2n) is 4.77. The van der Waals surface area contributed by atoms with Crippen LogP contribution < -0.4 is 0 Å². The Kier molecular flexibility index (Phi) is 3.25. The maximum atomic E-state index is 11.5. The molecule has 1 atom stereocenters. The number of hydrogen-bond donors (Lipinski definition) is 0. The van der Waals surface area contributed by atoms with Gasteiger partial charge in [0.05, 0.1) is 17.1 Å². The van der Waals surface area contributed by atoms with Gasteiger partial charge in [-0.2, -0.15) is 0 Å². The largest absolute Gasteiger partial charge is 0.302 e. The molecule has 0 aliphatic carbocycles. The molecule has 0 saturated heterocycles. The number of aromatic nitrogens is 2. The van der Waals surface area contributed by atoms with Gasteiger partial charge in [-0.1, -0.05) is 18.2 Å². The highest BCUT2D eigenvalue weighted by Gasteiger charge is 2.15. The van der Waals surface area contributed by atoms with Crippen molar-refractivity contribution in [1.82, 2.24) is 9.97 Å². The van der Waals surface area contributed by atoms with E-state index in [2.05, 4.69) is 9.97 Å². The first kappa shape index (κ1) is 12.5. The Morgan fingerprint density at radius 1 is 1.10 bits per heavy atom. The first-order chi connectivity index (χ1) is 9.78. The van der Waals surface area contributed by atoms with E-state index in [9.17, 15) is 4.79 Å². The molecular weight excluding hydrogens is 248 g/mol. The molecule has 1 aromatic carbocycles. The number of pyridine rings is 2. The maximum Gasteiger partial charge on any atom is 0.133 e. The van der Waals surface area contributed by atoms with Gasteiger partial charge in [-0.25, -0.2) is 0 Å². The first-order valence-corrected chi connectivity index (χ1v) is 6.51. The summed E-state index contributed by atoms with van der Waals surface area (Å²) in [5.41, 5.74) is 3.57. The van der Waals surface area contributed by atoms with Crippen LogP contribution in [0.15, 0.2) is 54.7 Å². The van der Waals surface area contributed by atoms with Crippen LogP contribution in [0.1, 0.15) is 22.9 Å². The minimum atomic E-state index is -0.334. The standard InChI is InChI=1S/C17H14N2O/c1-12-4-2-6-17(19-12)15(11-20)13-7-8-16-14(10-13)5-3-9-18-16/h2-11,15H,1H3. The first-order valence-electron chi connectivity index (χ1n) is 6.51. The predicted molar refractivity (Wildman–Crippen MR) is 78.6 cm³/mol. The van der Waals surface area contributed by atoms with Crippen LogP contribution in [0, 0.1) is 6.92 Å². The van der Waals surface area contributed by atoms with Gasteiger partial charge in [0.25, 0.3) is 0 Å². The summed E-state index contributed by atoms with van der Waals surface area (Å²) < 4.78 is 0. The molecule has 1 unspecified atom stereocenters. The Morgan fingerprint density at radius 3 is 2.80 bits per heavy atom. The van der Waals surface area contributed by atoms with Gasteiger partial charge in [0, 0.05) is 17.3 Å². The van der Waals surface area contributed by atoms with Crippen LogP contribution in [0.25, 0.3) is 10.9 Å². The molecule has 0 bridgehead atoms. The summed E-state index contributed by atoms with van der Waals surface area (Å²) in [7, 11) is 0. The third kappa shape index (κ3) is 2.30. The van der Waals surface area contributed by atoms with Crippen molar-refractivity contribution >= 4 is 17.2 Å². The summed E-state index contributed by atoms with van der Waals surface area (Å²) in [6, 6.07) is 15.5. The molecule has 2 aromatic heterocycles. The van der Waals surface area contributed by atoms with Crippen molar-refractivity contribution in [2.24, 2.45) is 0 Å². The van der Waals surface area contributed by atoms with E-state index in [1.165, 1.54) is 0 Å². The van der Waals surface area contributed by atoms with Crippen LogP contribution in [0.4, 0.5) is 0 Å². The van der Waals surface area contributed by atoms with Crippen LogP contribution >= 0.6 is 0 Å². The lowest BCUT2D eigenvalue weighted by Crippen LogP contribution is -2.05. The third-order valence-corrected chi connectivity index (χ3v) is 3.35. The molecule has 3 nitrogen and oxygen atoms in total. The molecule has 0 radical (unpaired) electrons. The van der Waals surface area contributed by atoms with E-state index in [-0.39, 0.29) is 5.92 Å². The maximum absolute atomic E-state index is 11.5. The van der Waals surface area contributed by atoms with Gasteiger partial charge in [-0.15, -0.1) is 0 Å². The lowest BCUT2D eigenvalue weighted by Gasteiger charge is -2.11. The summed E-state index contributed by atoms with van der Waals surface area (Å²) in [6.07, 6.45) is 2.71. The fourth-order valence-electron chi connectivity index (χ4n) is 2.34. The number of carbonyl (C=O) groups is 1. The second-order valence-corrected chi connectivity index (χ2v) is 4.77. The van der Waals surface area contributed by atoms with Crippen molar-refractivity contribution in [1.29, 1.82) is 0 Å². The average Bonchev–Trinajstić information content (AvgIpc) is 2.48. The van der Waals surface area contributed by atoms with Gasteiger partial charge < -0.3 is 4.79 Å². The molecule has 3 aromatic rings. The molecule has 0 aliphatic heterocycles. The molecule has 0 N–H and O–H groups in total. The molecule has 0 saturated carbocycles. The zero-order valence-corrected chi connectivity index (χ0v) is 11.2. The van der Waals surface area contributed by atoms with E-state index < -0.39 is 0 Å². The van der Waals surface area contributed by atoms with Crippen molar-refractivity contribution in [2.75, 3.05) is 0 Å². The van der Waals surface area contributed by atoms with Gasteiger partial charge >= 0.3 is 0 Å². The van der Waals surface area contributed by atoms with Crippen molar-refractivity contribution in [3.63, 3.8) is 0 Å². The fourth-order valence-corrected chi connectivity index (χ4v) is 2.34. The highest BCUT2D eigenvalue weighted by atomic mass is 16.1. The number of aryl methyl sites for hydroxylation is 1. The molecule has 2 heterocycles. The van der Waals surface area contributed by atoms with Gasteiger partial charge in [-0.05, 0) is 42.8 Å². The minimum Gasteiger partial charge on any atom is -0.302 e. The molecule has 0 aliphatic rings. The Morgan fingerprint density at radius 2 is 2.00 bits per heavy atom. The van der Waals surface area contributed by atoms with E-state index in [0.29, 0.717) is 0 Å². The summed E-state index contributed by atoms with van der Waals surface area (Å²) in [4.78, 5) is 20.2. The van der Waals surface area contributed by atoms with Gasteiger partial charge in [0.1, 0.15) is 6.29 Å². The van der Waals surface area contributed by atoms with E-state index in [1.807, 2.05) is 55.5 Å². The molecule has 3 rings (SSSR count). The van der Waals surface area contributed by atoms with Gasteiger partial charge in [-0.3, -0.25) is 9.97 Å². The van der Waals surface area contributed by atoms with Crippen LogP contribution in [-0.4, -0.2) is 16.3 Å². The number of rotatable bonds is 3. The molecule has 3 heteroatoms. The fraction of sp³-hybridized carbons (Fsp3) is 0.118. The van der Waals surface area contributed by atoms with Crippen LogP contribution in [-0.2, 0) is 4.79 Å². The van der Waals surface area contributed by atoms with Crippen LogP contribution in [0.2, 0.25) is 0 Å². The highest BCUT2D eigenvalue weighted by molar-refractivity contribution is 5.81. The van der Waals surface area contributed by atoms with Gasteiger partial charge in [0.2, 0.25) is 0 Å². The zero-order chi connectivity index (χ0) is 13.9. The molecular formula is C17H14N2O. The topological polar surface area (TPSA) is 42.9 Å². The highest BCUT2D eigenvalue weighted by Crippen LogP contribution is 2.24.